The number of nitro groups is 1. The SMILES string of the molecule is CCOc1cc([C@@H]2NC(=O)NC(C)=C2C(=O)OC)ccc1OC[C@H](O)N/N=C\c1cc(Br)c(OC)c([N+](=O)[O-])c1. The number of benzene rings is 2. The fourth-order valence-corrected chi connectivity index (χ4v) is 4.46. The average molecular weight is 622 g/mol. The van der Waals surface area contributed by atoms with Gasteiger partial charge in [-0.1, -0.05) is 6.07 Å². The van der Waals surface area contributed by atoms with Crippen molar-refractivity contribution in [3.8, 4) is 17.2 Å². The molecular formula is C25H28BrN5O9. The van der Waals surface area contributed by atoms with Crippen molar-refractivity contribution in [3.63, 3.8) is 0 Å². The van der Waals surface area contributed by atoms with Crippen molar-refractivity contribution in [2.45, 2.75) is 26.1 Å². The van der Waals surface area contributed by atoms with Gasteiger partial charge in [-0.05, 0) is 53.5 Å². The number of rotatable bonds is 12. The van der Waals surface area contributed by atoms with E-state index in [2.05, 4.69) is 37.1 Å². The Hall–Kier alpha value is -4.37. The molecule has 0 fully saturated rings. The Morgan fingerprint density at radius 3 is 2.67 bits per heavy atom. The lowest BCUT2D eigenvalue weighted by atomic mass is 9.95. The number of nitrogens with zero attached hydrogens (tertiary/aromatic N) is 2. The second kappa shape index (κ2) is 13.6. The van der Waals surface area contributed by atoms with Gasteiger partial charge in [0.15, 0.2) is 17.7 Å². The number of aliphatic hydroxyl groups is 1. The number of carbonyl (C=O) groups is 2. The second-order valence-electron chi connectivity index (χ2n) is 8.23. The molecule has 1 heterocycles. The van der Waals surface area contributed by atoms with E-state index in [-0.39, 0.29) is 23.6 Å². The predicted molar refractivity (Wildman–Crippen MR) is 146 cm³/mol. The minimum Gasteiger partial charge on any atom is -0.490 e. The molecule has 0 bridgehead atoms. The summed E-state index contributed by atoms with van der Waals surface area (Å²) in [5, 5.41) is 30.8. The van der Waals surface area contributed by atoms with E-state index in [4.69, 9.17) is 18.9 Å². The summed E-state index contributed by atoms with van der Waals surface area (Å²) in [4.78, 5) is 35.2. The number of aliphatic hydroxyl groups excluding tert-OH is 1. The van der Waals surface area contributed by atoms with Crippen LogP contribution in [0, 0.1) is 10.1 Å². The minimum atomic E-state index is -1.25. The number of nitro benzene ring substituents is 1. The number of allylic oxidation sites excluding steroid dienone is 1. The van der Waals surface area contributed by atoms with Crippen LogP contribution in [0.25, 0.3) is 0 Å². The number of ether oxygens (including phenoxy) is 4. The number of methoxy groups -OCH3 is 2. The van der Waals surface area contributed by atoms with Crippen molar-refractivity contribution in [2.75, 3.05) is 27.4 Å². The molecule has 3 rings (SSSR count). The highest BCUT2D eigenvalue weighted by Gasteiger charge is 2.32. The summed E-state index contributed by atoms with van der Waals surface area (Å²) < 4.78 is 21.7. The van der Waals surface area contributed by atoms with Gasteiger partial charge in [0.25, 0.3) is 0 Å². The fraction of sp³-hybridized carbons (Fsp3) is 0.320. The minimum absolute atomic E-state index is 0.0786. The van der Waals surface area contributed by atoms with Crippen LogP contribution in [0.1, 0.15) is 31.0 Å². The van der Waals surface area contributed by atoms with Crippen molar-refractivity contribution in [2.24, 2.45) is 5.10 Å². The highest BCUT2D eigenvalue weighted by atomic mass is 79.9. The summed E-state index contributed by atoms with van der Waals surface area (Å²) in [6, 6.07) is 6.45. The average Bonchev–Trinajstić information content (AvgIpc) is 2.91. The quantitative estimate of drug-likeness (QED) is 0.0903. The van der Waals surface area contributed by atoms with Gasteiger partial charge >= 0.3 is 17.7 Å². The van der Waals surface area contributed by atoms with Gasteiger partial charge in [-0.3, -0.25) is 15.5 Å². The van der Waals surface area contributed by atoms with Crippen LogP contribution in [0.3, 0.4) is 0 Å². The van der Waals surface area contributed by atoms with Gasteiger partial charge < -0.3 is 34.7 Å². The van der Waals surface area contributed by atoms with Gasteiger partial charge in [0, 0.05) is 17.3 Å². The molecule has 0 aromatic heterocycles. The smallest absolute Gasteiger partial charge is 0.337 e. The van der Waals surface area contributed by atoms with Gasteiger partial charge in [0.1, 0.15) is 6.61 Å². The Balaban J connectivity index is 1.71. The molecule has 1 aliphatic heterocycles. The first-order valence-corrected chi connectivity index (χ1v) is 12.6. The van der Waals surface area contributed by atoms with Crippen LogP contribution in [-0.4, -0.2) is 61.9 Å². The summed E-state index contributed by atoms with van der Waals surface area (Å²) in [5.41, 5.74) is 3.77. The van der Waals surface area contributed by atoms with Gasteiger partial charge in [-0.25, -0.2) is 9.59 Å². The first-order chi connectivity index (χ1) is 19.1. The zero-order chi connectivity index (χ0) is 29.4. The van der Waals surface area contributed by atoms with E-state index in [0.717, 1.165) is 0 Å². The molecule has 0 unspecified atom stereocenters. The normalized spacial score (nSPS) is 15.7. The van der Waals surface area contributed by atoms with E-state index < -0.39 is 29.2 Å². The summed E-state index contributed by atoms with van der Waals surface area (Å²) in [6.07, 6.45) is 0.0463. The van der Waals surface area contributed by atoms with E-state index in [1.54, 1.807) is 38.1 Å². The standard InChI is InChI=1S/C25H28BrN5O9/c1-5-39-19-10-15(22-21(24(33)38-4)13(2)28-25(34)29-22)6-7-18(19)40-12-20(32)30-27-11-14-8-16(26)23(37-3)17(9-14)31(35)36/h6-11,20,22,30,32H,5,12H2,1-4H3,(H2,28,29,34)/b27-11-/t20-,22-/m0/s1. The number of urea groups is 1. The molecule has 2 aromatic rings. The molecule has 0 saturated carbocycles. The van der Waals surface area contributed by atoms with Gasteiger partial charge in [0.05, 0.1) is 48.1 Å². The zero-order valence-corrected chi connectivity index (χ0v) is 23.6. The Bertz CT molecular complexity index is 1350. The lowest BCUT2D eigenvalue weighted by Crippen LogP contribution is -2.45. The second-order valence-corrected chi connectivity index (χ2v) is 9.08. The highest BCUT2D eigenvalue weighted by molar-refractivity contribution is 9.10. The molecule has 0 radical (unpaired) electrons. The van der Waals surface area contributed by atoms with E-state index in [9.17, 15) is 24.8 Å². The largest absolute Gasteiger partial charge is 0.490 e. The number of hydrogen-bond donors (Lipinski definition) is 4. The molecule has 40 heavy (non-hydrogen) atoms. The predicted octanol–water partition coefficient (Wildman–Crippen LogP) is 2.89. The summed E-state index contributed by atoms with van der Waals surface area (Å²) in [6.45, 7) is 3.44. The lowest BCUT2D eigenvalue weighted by Gasteiger charge is -2.28. The van der Waals surface area contributed by atoms with Gasteiger partial charge in [0.2, 0.25) is 5.75 Å². The summed E-state index contributed by atoms with van der Waals surface area (Å²) in [7, 11) is 2.58. The van der Waals surface area contributed by atoms with Crippen molar-refractivity contribution >= 4 is 39.8 Å². The third-order valence-electron chi connectivity index (χ3n) is 5.56. The first kappa shape index (κ1) is 30.2. The molecule has 14 nitrogen and oxygen atoms in total. The third-order valence-corrected chi connectivity index (χ3v) is 6.15. The molecule has 0 aliphatic carbocycles. The highest BCUT2D eigenvalue weighted by Crippen LogP contribution is 2.36. The molecule has 0 saturated heterocycles. The Kier molecular flexibility index (Phi) is 10.3. The van der Waals surface area contributed by atoms with Gasteiger partial charge in [-0.2, -0.15) is 5.10 Å². The van der Waals surface area contributed by atoms with Crippen LogP contribution >= 0.6 is 15.9 Å². The summed E-state index contributed by atoms with van der Waals surface area (Å²) >= 11 is 3.23. The zero-order valence-electron chi connectivity index (χ0n) is 22.0. The van der Waals surface area contributed by atoms with Crippen LogP contribution in [0.4, 0.5) is 10.5 Å². The molecule has 2 aromatic carbocycles. The molecule has 2 atom stereocenters. The van der Waals surface area contributed by atoms with Crippen molar-refractivity contribution in [3.05, 3.63) is 67.3 Å². The summed E-state index contributed by atoms with van der Waals surface area (Å²) in [5.74, 6) is 0.0981. The number of halogens is 1. The van der Waals surface area contributed by atoms with Crippen molar-refractivity contribution < 1.29 is 38.6 Å². The molecule has 4 N–H and O–H groups in total. The maximum absolute atomic E-state index is 12.4. The number of hydrazone groups is 1. The number of amides is 2. The topological polar surface area (TPSA) is 183 Å². The van der Waals surface area contributed by atoms with Crippen LogP contribution in [-0.2, 0) is 9.53 Å². The Morgan fingerprint density at radius 1 is 1.27 bits per heavy atom. The molecule has 2 amide bonds. The van der Waals surface area contributed by atoms with Gasteiger partial charge in [-0.15, -0.1) is 0 Å². The van der Waals surface area contributed by atoms with Crippen LogP contribution in [0.2, 0.25) is 0 Å². The van der Waals surface area contributed by atoms with Crippen molar-refractivity contribution in [1.29, 1.82) is 0 Å². The number of carbonyl (C=O) groups excluding carboxylic acids is 2. The Labute approximate surface area is 237 Å². The molecule has 0 spiro atoms. The maximum Gasteiger partial charge on any atom is 0.337 e. The van der Waals surface area contributed by atoms with E-state index in [1.165, 1.54) is 26.5 Å². The van der Waals surface area contributed by atoms with Crippen LogP contribution in [0.5, 0.6) is 17.2 Å². The van der Waals surface area contributed by atoms with Crippen LogP contribution < -0.4 is 30.3 Å². The maximum atomic E-state index is 12.4. The fourth-order valence-electron chi connectivity index (χ4n) is 3.83. The lowest BCUT2D eigenvalue weighted by molar-refractivity contribution is -0.385. The van der Waals surface area contributed by atoms with E-state index >= 15 is 0 Å². The number of hydrogen-bond acceptors (Lipinski definition) is 11. The number of nitrogens with one attached hydrogen (secondary N) is 3. The molecule has 1 aliphatic rings. The monoisotopic (exact) mass is 621 g/mol. The van der Waals surface area contributed by atoms with Crippen LogP contribution in [0.15, 0.2) is 51.2 Å². The first-order valence-electron chi connectivity index (χ1n) is 11.8. The molecular weight excluding hydrogens is 594 g/mol. The Morgan fingerprint density at radius 2 is 2.02 bits per heavy atom. The third kappa shape index (κ3) is 7.18. The van der Waals surface area contributed by atoms with E-state index in [0.29, 0.717) is 39.4 Å². The van der Waals surface area contributed by atoms with E-state index in [1.807, 2.05) is 0 Å². The molecule has 214 valence electrons. The van der Waals surface area contributed by atoms with Crippen molar-refractivity contribution in [1.82, 2.24) is 16.1 Å². The molecule has 15 heteroatoms. The number of esters is 1.